The molecule has 50 valence electrons. The first kappa shape index (κ1) is 6.53. The molecule has 0 aromatic rings. The van der Waals surface area contributed by atoms with E-state index in [2.05, 4.69) is 9.96 Å². The van der Waals surface area contributed by atoms with Crippen LogP contribution in [0.4, 0.5) is 0 Å². The van der Waals surface area contributed by atoms with Crippen LogP contribution < -0.4 is 0 Å². The van der Waals surface area contributed by atoms with Gasteiger partial charge in [-0.15, -0.1) is 9.96 Å². The summed E-state index contributed by atoms with van der Waals surface area (Å²) >= 11 is 11.5. The Morgan fingerprint density at radius 2 is 2.20 bits per heavy atom. The summed E-state index contributed by atoms with van der Waals surface area (Å²) in [7, 11) is 0.839. The topological polar surface area (TPSA) is 24.7 Å². The lowest BCUT2D eigenvalue weighted by Gasteiger charge is -1.87. The highest BCUT2D eigenvalue weighted by molar-refractivity contribution is 7.35. The molecule has 0 unspecified atom stereocenters. The summed E-state index contributed by atoms with van der Waals surface area (Å²) in [6, 6.07) is 0. The van der Waals surface area contributed by atoms with E-state index >= 15 is 0 Å². The van der Waals surface area contributed by atoms with Crippen molar-refractivity contribution in [1.82, 2.24) is 0 Å². The van der Waals surface area contributed by atoms with Gasteiger partial charge in [0, 0.05) is 0 Å². The third-order valence-electron chi connectivity index (χ3n) is 1.22. The maximum absolute atomic E-state index is 5.76. The number of fused-ring (bicyclic) bond motifs is 1. The molecule has 0 amide bonds. The molecule has 1 aliphatic heterocycles. The van der Waals surface area contributed by atoms with E-state index in [0.717, 1.165) is 19.4 Å². The molecular weight excluding hydrogens is 190 g/mol. The van der Waals surface area contributed by atoms with Crippen LogP contribution in [0.3, 0.4) is 0 Å². The van der Waals surface area contributed by atoms with Crippen LogP contribution in [0.2, 0.25) is 0 Å². The van der Waals surface area contributed by atoms with E-state index in [1.54, 1.807) is 6.08 Å². The molecule has 2 rings (SSSR count). The fourth-order valence-electron chi connectivity index (χ4n) is 0.764. The lowest BCUT2D eigenvalue weighted by Crippen LogP contribution is -1.89. The zero-order valence-electron chi connectivity index (χ0n) is 4.67. The molecule has 0 atom stereocenters. The first-order valence-corrected chi connectivity index (χ1v) is 4.16. The Kier molecular flexibility index (Phi) is 1.41. The Morgan fingerprint density at radius 1 is 1.40 bits per heavy atom. The van der Waals surface area contributed by atoms with Gasteiger partial charge in [0.2, 0.25) is 0 Å². The highest BCUT2D eigenvalue weighted by Gasteiger charge is 2.23. The van der Waals surface area contributed by atoms with E-state index in [0.29, 0.717) is 10.1 Å². The Balaban J connectivity index is 2.56. The summed E-state index contributed by atoms with van der Waals surface area (Å²) in [5, 5.41) is 5.90. The molecule has 0 radical (unpaired) electrons. The highest BCUT2D eigenvalue weighted by atomic mass is 35.5. The molecule has 1 aliphatic carbocycles. The molecule has 5 heteroatoms. The maximum Gasteiger partial charge on any atom is 0.120 e. The third-order valence-corrected chi connectivity index (χ3v) is 2.73. The minimum Gasteiger partial charge on any atom is -0.144 e. The van der Waals surface area contributed by atoms with Gasteiger partial charge in [0.25, 0.3) is 0 Å². The highest BCUT2D eigenvalue weighted by Crippen LogP contribution is 2.38. The summed E-state index contributed by atoms with van der Waals surface area (Å²) in [6.45, 7) is 0. The van der Waals surface area contributed by atoms with Crippen LogP contribution in [0.15, 0.2) is 31.4 Å². The number of hydrogen-bond acceptors (Lipinski definition) is 2. The van der Waals surface area contributed by atoms with E-state index in [4.69, 9.17) is 23.2 Å². The lowest BCUT2D eigenvalue weighted by atomic mass is 10.4. The molecule has 0 aromatic carbocycles. The van der Waals surface area contributed by atoms with Gasteiger partial charge >= 0.3 is 0 Å². The number of hydrogen-bond donors (Lipinski definition) is 0. The van der Waals surface area contributed by atoms with Gasteiger partial charge in [-0.1, -0.05) is 23.2 Å². The molecule has 1 heterocycles. The van der Waals surface area contributed by atoms with Crippen molar-refractivity contribution in [1.29, 1.82) is 0 Å². The Labute approximate surface area is 69.1 Å². The smallest absolute Gasteiger partial charge is 0.120 e. The van der Waals surface area contributed by atoms with Crippen LogP contribution >= 0.6 is 31.6 Å². The normalized spacial score (nSPS) is 23.0. The fraction of sp³-hybridized carbons (Fsp3) is 0. The van der Waals surface area contributed by atoms with Gasteiger partial charge in [-0.2, -0.15) is 0 Å². The first-order valence-electron chi connectivity index (χ1n) is 2.55. The average molecular weight is 191 g/mol. The van der Waals surface area contributed by atoms with Gasteiger partial charge in [0.15, 0.2) is 0 Å². The van der Waals surface area contributed by atoms with Gasteiger partial charge < -0.3 is 0 Å². The fourth-order valence-corrected chi connectivity index (χ4v) is 1.97. The van der Waals surface area contributed by atoms with Crippen molar-refractivity contribution < 1.29 is 0 Å². The molecule has 0 fully saturated rings. The summed E-state index contributed by atoms with van der Waals surface area (Å²) in [4.78, 5) is 3.77. The second kappa shape index (κ2) is 2.16. The first-order chi connectivity index (χ1) is 4.79. The summed E-state index contributed by atoms with van der Waals surface area (Å²) < 4.78 is 0. The van der Waals surface area contributed by atoms with Gasteiger partial charge in [0.1, 0.15) is 5.71 Å². The van der Waals surface area contributed by atoms with Gasteiger partial charge in [-0.3, -0.25) is 0 Å². The predicted octanol–water partition coefficient (Wildman–Crippen LogP) is 3.07. The predicted molar refractivity (Wildman–Crippen MR) is 43.6 cm³/mol. The molecule has 0 bridgehead atoms. The number of nitrogens with zero attached hydrogens (tertiary/aromatic N) is 2. The second-order valence-electron chi connectivity index (χ2n) is 1.83. The standard InChI is InChI=1S/C5HCl2N2P/c6-2-1-3-5(4(2)7)8-9-10-3/h1H. The molecule has 2 aliphatic rings. The maximum atomic E-state index is 5.76. The lowest BCUT2D eigenvalue weighted by molar-refractivity contribution is 1.30. The van der Waals surface area contributed by atoms with Gasteiger partial charge in [-0.05, 0) is 6.08 Å². The molecule has 0 saturated carbocycles. The zero-order chi connectivity index (χ0) is 7.14. The van der Waals surface area contributed by atoms with Gasteiger partial charge in [0.05, 0.1) is 23.8 Å². The van der Waals surface area contributed by atoms with Crippen LogP contribution in [-0.4, -0.2) is 5.71 Å². The monoisotopic (exact) mass is 190 g/mol. The summed E-state index contributed by atoms with van der Waals surface area (Å²) in [6.07, 6.45) is 1.79. The summed E-state index contributed by atoms with van der Waals surface area (Å²) in [5.41, 5.74) is 0.730. The van der Waals surface area contributed by atoms with E-state index in [9.17, 15) is 0 Å². The molecule has 10 heavy (non-hydrogen) atoms. The van der Waals surface area contributed by atoms with Crippen molar-refractivity contribution in [2.24, 2.45) is 9.96 Å². The zero-order valence-corrected chi connectivity index (χ0v) is 7.08. The van der Waals surface area contributed by atoms with E-state index in [-0.39, 0.29) is 0 Å². The van der Waals surface area contributed by atoms with Crippen LogP contribution in [0.25, 0.3) is 0 Å². The van der Waals surface area contributed by atoms with Gasteiger partial charge in [-0.25, -0.2) is 0 Å². The Morgan fingerprint density at radius 3 is 2.90 bits per heavy atom. The minimum absolute atomic E-state index is 0.519. The van der Waals surface area contributed by atoms with Crippen LogP contribution in [-0.2, 0) is 0 Å². The molecule has 0 spiro atoms. The summed E-state index contributed by atoms with van der Waals surface area (Å²) in [5.74, 6) is 0. The molecule has 0 saturated heterocycles. The van der Waals surface area contributed by atoms with Crippen LogP contribution in [0, 0.1) is 0 Å². The Hall–Kier alpha value is -0.170. The molecule has 0 N–H and O–H groups in total. The molecule has 2 nitrogen and oxygen atoms in total. The van der Waals surface area contributed by atoms with E-state index in [1.807, 2.05) is 0 Å². The van der Waals surface area contributed by atoms with Crippen LogP contribution in [0.1, 0.15) is 0 Å². The number of allylic oxidation sites excluding steroid dienone is 4. The van der Waals surface area contributed by atoms with Crippen molar-refractivity contribution in [3.63, 3.8) is 0 Å². The molecule has 0 aromatic heterocycles. The average Bonchev–Trinajstić information content (AvgIpc) is 2.41. The van der Waals surface area contributed by atoms with Crippen molar-refractivity contribution in [2.45, 2.75) is 0 Å². The quantitative estimate of drug-likeness (QED) is 0.525. The second-order valence-corrected chi connectivity index (χ2v) is 3.48. The van der Waals surface area contributed by atoms with Crippen molar-refractivity contribution in [3.8, 4) is 0 Å². The number of halogens is 2. The molecular formula is C5HCl2N2P. The van der Waals surface area contributed by atoms with E-state index < -0.39 is 0 Å². The van der Waals surface area contributed by atoms with Crippen molar-refractivity contribution in [3.05, 3.63) is 21.5 Å². The minimum atomic E-state index is 0.519. The number of rotatable bonds is 0. The van der Waals surface area contributed by atoms with Crippen LogP contribution in [0.5, 0.6) is 0 Å². The Bertz CT molecular complexity index is 306. The largest absolute Gasteiger partial charge is 0.144 e. The SMILES string of the molecule is ClC1=C(Cl)C2=NN=PC2=C1. The third kappa shape index (κ3) is 0.766. The van der Waals surface area contributed by atoms with Crippen molar-refractivity contribution >= 4 is 37.3 Å². The van der Waals surface area contributed by atoms with E-state index in [1.165, 1.54) is 0 Å². The van der Waals surface area contributed by atoms with Crippen molar-refractivity contribution in [2.75, 3.05) is 0 Å².